The van der Waals surface area contributed by atoms with E-state index in [-0.39, 0.29) is 83.5 Å². The lowest BCUT2D eigenvalue weighted by molar-refractivity contribution is -0.128. The minimum Gasteiger partial charge on any atom is -0.396 e. The number of hydrogen-bond donors (Lipinski definition) is 4. The first-order chi connectivity index (χ1) is 30.0. The lowest BCUT2D eigenvalue weighted by Gasteiger charge is -2.29. The summed E-state index contributed by atoms with van der Waals surface area (Å²) in [5.41, 5.74) is 4.64. The zero-order chi connectivity index (χ0) is 44.2. The monoisotopic (exact) mass is 850 g/mol. The Morgan fingerprint density at radius 3 is 1.32 bits per heavy atom. The third-order valence-electron chi connectivity index (χ3n) is 13.2. The molecule has 0 bridgehead atoms. The molecule has 2 aromatic heterocycles. The third-order valence-corrected chi connectivity index (χ3v) is 13.2. The molecule has 0 radical (unpaired) electrons. The number of carbonyl (C=O) groups excluding carboxylic acids is 2. The molecule has 4 aliphatic rings. The number of aliphatic hydroxyl groups excluding tert-OH is 2. The number of nitrogens with one attached hydrogen (secondary N) is 2. The number of aliphatic hydroxyl groups is 2. The predicted molar refractivity (Wildman–Crippen MR) is 233 cm³/mol. The van der Waals surface area contributed by atoms with Crippen molar-refractivity contribution < 1.29 is 28.6 Å². The maximum Gasteiger partial charge on any atom is 0.258 e. The molecule has 0 unspecified atom stereocenters. The van der Waals surface area contributed by atoms with Crippen LogP contribution in [0.2, 0.25) is 0 Å². The van der Waals surface area contributed by atoms with E-state index in [1.54, 1.807) is 45.6 Å². The summed E-state index contributed by atoms with van der Waals surface area (Å²) in [4.78, 5) is 56.3. The van der Waals surface area contributed by atoms with Gasteiger partial charge in [0.15, 0.2) is 0 Å². The first kappa shape index (κ1) is 44.5. The second kappa shape index (κ2) is 19.2. The summed E-state index contributed by atoms with van der Waals surface area (Å²) >= 11 is 0. The van der Waals surface area contributed by atoms with Crippen molar-refractivity contribution in [2.45, 2.75) is 78.0 Å². The van der Waals surface area contributed by atoms with Crippen LogP contribution in [0.1, 0.15) is 73.4 Å². The van der Waals surface area contributed by atoms with Gasteiger partial charge in [0.05, 0.1) is 24.2 Å². The molecule has 8 atom stereocenters. The lowest BCUT2D eigenvalue weighted by Crippen LogP contribution is -2.48. The number of carbonyl (C=O) groups is 2. The van der Waals surface area contributed by atoms with Crippen LogP contribution in [0.3, 0.4) is 0 Å². The highest BCUT2D eigenvalue weighted by atomic mass is 19.1. The van der Waals surface area contributed by atoms with Crippen LogP contribution in [0.15, 0.2) is 94.5 Å². The highest BCUT2D eigenvalue weighted by molar-refractivity contribution is 5.83. The summed E-state index contributed by atoms with van der Waals surface area (Å²) < 4.78 is 29.8. The fourth-order valence-electron chi connectivity index (χ4n) is 10.4. The molecule has 4 N–H and O–H groups in total. The summed E-state index contributed by atoms with van der Waals surface area (Å²) in [6.45, 7) is 10.3. The van der Waals surface area contributed by atoms with Crippen molar-refractivity contribution in [2.75, 3.05) is 26.3 Å². The lowest BCUT2D eigenvalue weighted by atomic mass is 9.88. The third kappa shape index (κ3) is 8.36. The number of rotatable bonds is 12. The van der Waals surface area contributed by atoms with E-state index in [9.17, 15) is 38.2 Å². The average Bonchev–Trinajstić information content (AvgIpc) is 4.02. The average molecular weight is 851 g/mol. The largest absolute Gasteiger partial charge is 0.396 e. The Morgan fingerprint density at radius 2 is 1.00 bits per heavy atom. The van der Waals surface area contributed by atoms with Crippen LogP contribution in [0, 0.1) is 35.3 Å². The standard InChI is InChI=1S/2C24H28FN3O3/c2*1-3-5-16-8-11-20-21-18(13-28(20)24(16)31)19(14-29)22(27(21)4-2)23(30)26-12-15-6-9-17(25)10-7-15/h2*3,5-11,18-19,21-22,29H,4,12-14H2,1-2H3,(H,26,30)/b5-3+;5-3-/t2*18-,19-,21+,22-/m00/s1. The van der Waals surface area contributed by atoms with Gasteiger partial charge in [0.1, 0.15) is 11.6 Å². The summed E-state index contributed by atoms with van der Waals surface area (Å²) in [6.07, 6.45) is 7.29. The molecule has 6 heterocycles. The molecule has 12 nitrogen and oxygen atoms in total. The number of pyridine rings is 2. The van der Waals surface area contributed by atoms with E-state index < -0.39 is 12.1 Å². The van der Waals surface area contributed by atoms with Crippen molar-refractivity contribution in [3.63, 3.8) is 0 Å². The Labute approximate surface area is 360 Å². The van der Waals surface area contributed by atoms with E-state index in [0.29, 0.717) is 50.4 Å². The molecule has 2 aromatic carbocycles. The topological polar surface area (TPSA) is 149 Å². The minimum absolute atomic E-state index is 0.0138. The van der Waals surface area contributed by atoms with Gasteiger partial charge >= 0.3 is 0 Å². The molecule has 2 saturated heterocycles. The predicted octanol–water partition coefficient (Wildman–Crippen LogP) is 4.64. The van der Waals surface area contributed by atoms with E-state index in [4.69, 9.17) is 0 Å². The van der Waals surface area contributed by atoms with Crippen molar-refractivity contribution in [3.05, 3.63) is 151 Å². The van der Waals surface area contributed by atoms with Gasteiger partial charge in [-0.3, -0.25) is 29.0 Å². The van der Waals surface area contributed by atoms with E-state index in [2.05, 4.69) is 20.4 Å². The highest BCUT2D eigenvalue weighted by Crippen LogP contribution is 2.50. The first-order valence-electron chi connectivity index (χ1n) is 21.5. The van der Waals surface area contributed by atoms with E-state index in [0.717, 1.165) is 22.5 Å². The Bertz CT molecular complexity index is 2260. The number of likely N-dealkylation sites (tertiary alicyclic amines) is 2. The quantitative estimate of drug-likeness (QED) is 0.161. The van der Waals surface area contributed by atoms with E-state index in [1.807, 2.05) is 64.1 Å². The van der Waals surface area contributed by atoms with Crippen molar-refractivity contribution in [2.24, 2.45) is 23.7 Å². The number of nitrogens with zero attached hydrogens (tertiary/aromatic N) is 4. The van der Waals surface area contributed by atoms with E-state index in [1.165, 1.54) is 24.3 Å². The summed E-state index contributed by atoms with van der Waals surface area (Å²) in [7, 11) is 0. The van der Waals surface area contributed by atoms with Gasteiger partial charge in [0.2, 0.25) is 11.8 Å². The molecule has 14 heteroatoms. The number of hydrogen-bond acceptors (Lipinski definition) is 8. The van der Waals surface area contributed by atoms with Gasteiger partial charge in [0, 0.05) is 85.6 Å². The van der Waals surface area contributed by atoms with Crippen LogP contribution in [-0.2, 0) is 35.8 Å². The van der Waals surface area contributed by atoms with Gasteiger partial charge in [-0.25, -0.2) is 8.78 Å². The Morgan fingerprint density at radius 1 is 0.629 bits per heavy atom. The molecule has 4 aliphatic heterocycles. The Kier molecular flexibility index (Phi) is 13.8. The molecule has 2 amide bonds. The molecule has 0 saturated carbocycles. The number of benzene rings is 2. The van der Waals surface area contributed by atoms with Crippen molar-refractivity contribution in [1.29, 1.82) is 0 Å². The van der Waals surface area contributed by atoms with E-state index >= 15 is 0 Å². The SMILES string of the molecule is C/C=C/c1ccc2n(c1=O)C[C@H]1[C@H](CO)[C@@H](C(=O)NCc3ccc(F)cc3)N(CC)[C@@H]21.C/C=C\c1ccc2n(c1=O)C[C@H]1[C@H](CO)[C@@H](C(=O)NCc3ccc(F)cc3)N(CC)[C@@H]21. The molecule has 0 aliphatic carbocycles. The summed E-state index contributed by atoms with van der Waals surface area (Å²) in [5, 5.41) is 26.3. The molecule has 2 fully saturated rings. The second-order valence-electron chi connectivity index (χ2n) is 16.4. The zero-order valence-corrected chi connectivity index (χ0v) is 35.6. The van der Waals surface area contributed by atoms with Crippen molar-refractivity contribution in [1.82, 2.24) is 29.6 Å². The maximum atomic E-state index is 13.2. The van der Waals surface area contributed by atoms with Gasteiger partial charge in [0.25, 0.3) is 11.1 Å². The maximum absolute atomic E-state index is 13.2. The normalized spacial score (nSPS) is 25.0. The van der Waals surface area contributed by atoms with Crippen LogP contribution in [0.5, 0.6) is 0 Å². The Hall–Kier alpha value is -5.54. The molecular formula is C48H56F2N6O6. The number of fused-ring (bicyclic) bond motifs is 6. The number of allylic oxidation sites excluding steroid dienone is 2. The molecule has 8 rings (SSSR count). The first-order valence-corrected chi connectivity index (χ1v) is 21.5. The minimum atomic E-state index is -0.482. The number of aromatic nitrogens is 2. The number of likely N-dealkylation sites (N-methyl/N-ethyl adjacent to an activating group) is 2. The molecule has 62 heavy (non-hydrogen) atoms. The Balaban J connectivity index is 0.000000186. The van der Waals surface area contributed by atoms with Crippen molar-refractivity contribution >= 4 is 24.0 Å². The zero-order valence-electron chi connectivity index (χ0n) is 35.6. The molecule has 0 spiro atoms. The smallest absolute Gasteiger partial charge is 0.258 e. The number of halogens is 2. The van der Waals surface area contributed by atoms with Crippen LogP contribution in [-0.4, -0.2) is 79.3 Å². The summed E-state index contributed by atoms with van der Waals surface area (Å²) in [6, 6.07) is 18.5. The second-order valence-corrected chi connectivity index (χ2v) is 16.4. The molecule has 328 valence electrons. The van der Waals surface area contributed by atoms with Crippen molar-refractivity contribution in [3.8, 4) is 0 Å². The number of amides is 2. The van der Waals surface area contributed by atoms with Gasteiger partial charge in [-0.15, -0.1) is 0 Å². The fourth-order valence-corrected chi connectivity index (χ4v) is 10.4. The van der Waals surface area contributed by atoms with Gasteiger partial charge < -0.3 is 30.0 Å². The van der Waals surface area contributed by atoms with Gasteiger partial charge in [-0.05, 0) is 86.6 Å². The van der Waals surface area contributed by atoms with Crippen LogP contribution in [0.25, 0.3) is 12.2 Å². The highest BCUT2D eigenvalue weighted by Gasteiger charge is 2.56. The fraction of sp³-hybridized carbons (Fsp3) is 0.417. The van der Waals surface area contributed by atoms with Gasteiger partial charge in [-0.1, -0.05) is 62.4 Å². The summed E-state index contributed by atoms with van der Waals surface area (Å²) in [5.74, 6) is -1.52. The van der Waals surface area contributed by atoms with Gasteiger partial charge in [-0.2, -0.15) is 0 Å². The van der Waals surface area contributed by atoms with Crippen LogP contribution in [0.4, 0.5) is 8.78 Å². The molecular weight excluding hydrogens is 795 g/mol. The molecule has 4 aromatic rings. The van der Waals surface area contributed by atoms with Crippen LogP contribution >= 0.6 is 0 Å². The van der Waals surface area contributed by atoms with Crippen LogP contribution < -0.4 is 21.8 Å².